The number of hydrogen-bond acceptors (Lipinski definition) is 1. The number of nitrogens with zero attached hydrogens (tertiary/aromatic N) is 1. The lowest BCUT2D eigenvalue weighted by Gasteiger charge is -2.18. The van der Waals surface area contributed by atoms with Crippen molar-refractivity contribution in [3.63, 3.8) is 0 Å². The Balaban J connectivity index is 0. The Labute approximate surface area is 83.2 Å². The second-order valence-corrected chi connectivity index (χ2v) is 2.83. The number of hydrogen-bond donors (Lipinski definition) is 0. The Morgan fingerprint density at radius 3 is 1.83 bits per heavy atom. The van der Waals surface area contributed by atoms with Gasteiger partial charge in [-0.15, -0.1) is 12.4 Å². The minimum absolute atomic E-state index is 0. The molecular weight excluding hydrogens is 170 g/mol. The van der Waals surface area contributed by atoms with E-state index in [1.54, 1.807) is 0 Å². The maximum Gasteiger partial charge on any atom is 0.0169 e. The molecule has 0 amide bonds. The normalized spacial score (nSPS) is 9.92. The van der Waals surface area contributed by atoms with Gasteiger partial charge in [0.15, 0.2) is 0 Å². The van der Waals surface area contributed by atoms with E-state index in [1.165, 1.54) is 25.9 Å². The van der Waals surface area contributed by atoms with E-state index in [0.717, 1.165) is 6.42 Å². The largest absolute Gasteiger partial charge is 0.378 e. The molecule has 12 heavy (non-hydrogen) atoms. The van der Waals surface area contributed by atoms with E-state index in [-0.39, 0.29) is 12.4 Å². The summed E-state index contributed by atoms with van der Waals surface area (Å²) in [5.41, 5.74) is 0. The number of halogens is 1. The summed E-state index contributed by atoms with van der Waals surface area (Å²) < 4.78 is 0. The minimum Gasteiger partial charge on any atom is -0.378 e. The molecule has 1 nitrogen and oxygen atoms in total. The van der Waals surface area contributed by atoms with E-state index in [4.69, 9.17) is 0 Å². The summed E-state index contributed by atoms with van der Waals surface area (Å²) >= 11 is 0. The van der Waals surface area contributed by atoms with Crippen molar-refractivity contribution in [1.82, 2.24) is 4.90 Å². The molecule has 0 atom stereocenters. The molecule has 0 aliphatic heterocycles. The van der Waals surface area contributed by atoms with Crippen LogP contribution in [0.3, 0.4) is 0 Å². The molecule has 0 aliphatic carbocycles. The van der Waals surface area contributed by atoms with Crippen LogP contribution >= 0.6 is 12.4 Å². The van der Waals surface area contributed by atoms with Gasteiger partial charge >= 0.3 is 0 Å². The summed E-state index contributed by atoms with van der Waals surface area (Å²) in [5, 5.41) is 0. The third-order valence-electron chi connectivity index (χ3n) is 1.57. The van der Waals surface area contributed by atoms with Crippen molar-refractivity contribution in [1.29, 1.82) is 0 Å². The van der Waals surface area contributed by atoms with Crippen LogP contribution in [-0.2, 0) is 0 Å². The highest BCUT2D eigenvalue weighted by Gasteiger charge is 1.92. The van der Waals surface area contributed by atoms with E-state index in [1.807, 2.05) is 0 Å². The van der Waals surface area contributed by atoms with Gasteiger partial charge in [-0.2, -0.15) is 0 Å². The van der Waals surface area contributed by atoms with Crippen molar-refractivity contribution in [2.45, 2.75) is 40.0 Å². The Morgan fingerprint density at radius 1 is 1.00 bits per heavy atom. The van der Waals surface area contributed by atoms with Gasteiger partial charge in [0.25, 0.3) is 0 Å². The van der Waals surface area contributed by atoms with Gasteiger partial charge in [-0.05, 0) is 25.5 Å². The molecule has 0 radical (unpaired) electrons. The summed E-state index contributed by atoms with van der Waals surface area (Å²) in [6.45, 7) is 9.02. The molecule has 0 saturated carbocycles. The van der Waals surface area contributed by atoms with E-state index >= 15 is 0 Å². The van der Waals surface area contributed by atoms with Gasteiger partial charge < -0.3 is 4.90 Å². The van der Waals surface area contributed by atoms with Gasteiger partial charge in [0.2, 0.25) is 0 Å². The van der Waals surface area contributed by atoms with Crippen LogP contribution in [0.4, 0.5) is 0 Å². The van der Waals surface area contributed by atoms with E-state index in [9.17, 15) is 0 Å². The average Bonchev–Trinajstić information content (AvgIpc) is 2.01. The van der Waals surface area contributed by atoms with Crippen molar-refractivity contribution in [2.75, 3.05) is 13.1 Å². The van der Waals surface area contributed by atoms with Gasteiger partial charge in [-0.3, -0.25) is 0 Å². The molecule has 0 bridgehead atoms. The van der Waals surface area contributed by atoms with E-state index < -0.39 is 0 Å². The van der Waals surface area contributed by atoms with E-state index in [2.05, 4.69) is 37.9 Å². The van der Waals surface area contributed by atoms with Gasteiger partial charge in [0.1, 0.15) is 0 Å². The maximum atomic E-state index is 2.39. The molecule has 2 heteroatoms. The molecule has 0 rings (SSSR count). The smallest absolute Gasteiger partial charge is 0.0169 e. The zero-order valence-electron chi connectivity index (χ0n) is 8.55. The van der Waals surface area contributed by atoms with Crippen LogP contribution in [-0.4, -0.2) is 18.0 Å². The maximum absolute atomic E-state index is 2.39. The molecule has 0 fully saturated rings. The molecule has 0 saturated heterocycles. The fourth-order valence-electron chi connectivity index (χ4n) is 1.09. The molecule has 0 N–H and O–H groups in total. The van der Waals surface area contributed by atoms with Crippen LogP contribution in [0.2, 0.25) is 0 Å². The molecule has 74 valence electrons. The molecule has 0 spiro atoms. The lowest BCUT2D eigenvalue weighted by molar-refractivity contribution is 0.375. The third kappa shape index (κ3) is 7.93. The number of rotatable bonds is 6. The number of allylic oxidation sites excluding steroid dienone is 1. The van der Waals surface area contributed by atoms with Gasteiger partial charge in [0.05, 0.1) is 0 Å². The fraction of sp³-hybridized carbons (Fsp3) is 0.800. The third-order valence-corrected chi connectivity index (χ3v) is 1.57. The van der Waals surface area contributed by atoms with Gasteiger partial charge in [0, 0.05) is 13.1 Å². The second-order valence-electron chi connectivity index (χ2n) is 2.83. The van der Waals surface area contributed by atoms with Crippen molar-refractivity contribution < 1.29 is 0 Å². The average molecular weight is 192 g/mol. The summed E-state index contributed by atoms with van der Waals surface area (Å²) in [7, 11) is 0. The second kappa shape index (κ2) is 10.8. The predicted molar refractivity (Wildman–Crippen MR) is 58.8 cm³/mol. The highest BCUT2D eigenvalue weighted by atomic mass is 35.5. The van der Waals surface area contributed by atoms with Crippen molar-refractivity contribution in [2.24, 2.45) is 0 Å². The van der Waals surface area contributed by atoms with Crippen molar-refractivity contribution >= 4 is 12.4 Å². The van der Waals surface area contributed by atoms with Gasteiger partial charge in [-0.25, -0.2) is 0 Å². The first-order valence-electron chi connectivity index (χ1n) is 4.75. The Morgan fingerprint density at radius 2 is 1.50 bits per heavy atom. The predicted octanol–water partition coefficient (Wildman–Crippen LogP) is 3.45. The molecular formula is C10H22ClN. The molecule has 0 heterocycles. The highest BCUT2D eigenvalue weighted by molar-refractivity contribution is 5.85. The standard InChI is InChI=1S/C10H21N.ClH/c1-4-7-10-11(8-5-2)9-6-3;/h7,10H,4-6,8-9H2,1-3H3;1H. The summed E-state index contributed by atoms with van der Waals surface area (Å²) in [4.78, 5) is 2.39. The molecule has 0 unspecified atom stereocenters. The molecule has 0 aliphatic rings. The van der Waals surface area contributed by atoms with Crippen LogP contribution in [0, 0.1) is 0 Å². The van der Waals surface area contributed by atoms with Crippen molar-refractivity contribution in [3.8, 4) is 0 Å². The summed E-state index contributed by atoms with van der Waals surface area (Å²) in [5.74, 6) is 0. The first-order valence-corrected chi connectivity index (χ1v) is 4.75. The minimum atomic E-state index is 0. The molecule has 0 aromatic rings. The topological polar surface area (TPSA) is 3.24 Å². The Kier molecular flexibility index (Phi) is 13.0. The SMILES string of the molecule is CCC=CN(CCC)CCC.Cl. The lowest BCUT2D eigenvalue weighted by atomic mass is 10.3. The van der Waals surface area contributed by atoms with Crippen molar-refractivity contribution in [3.05, 3.63) is 12.3 Å². The Bertz CT molecular complexity index is 96.0. The van der Waals surface area contributed by atoms with Crippen LogP contribution in [0.1, 0.15) is 40.0 Å². The fourth-order valence-corrected chi connectivity index (χ4v) is 1.09. The zero-order valence-corrected chi connectivity index (χ0v) is 9.36. The molecule has 0 aromatic heterocycles. The van der Waals surface area contributed by atoms with Crippen LogP contribution in [0.25, 0.3) is 0 Å². The molecule has 0 aromatic carbocycles. The lowest BCUT2D eigenvalue weighted by Crippen LogP contribution is -2.18. The zero-order chi connectivity index (χ0) is 8.53. The van der Waals surface area contributed by atoms with Crippen LogP contribution in [0.5, 0.6) is 0 Å². The quantitative estimate of drug-likeness (QED) is 0.622. The monoisotopic (exact) mass is 191 g/mol. The summed E-state index contributed by atoms with van der Waals surface area (Å²) in [6.07, 6.45) is 8.09. The van der Waals surface area contributed by atoms with Gasteiger partial charge in [-0.1, -0.05) is 26.8 Å². The summed E-state index contributed by atoms with van der Waals surface area (Å²) in [6, 6.07) is 0. The first kappa shape index (κ1) is 14.4. The van der Waals surface area contributed by atoms with Crippen LogP contribution in [0.15, 0.2) is 12.3 Å². The van der Waals surface area contributed by atoms with E-state index in [0.29, 0.717) is 0 Å². The Hall–Kier alpha value is -0.170. The highest BCUT2D eigenvalue weighted by Crippen LogP contribution is 1.95. The first-order chi connectivity index (χ1) is 5.35. The van der Waals surface area contributed by atoms with Crippen LogP contribution < -0.4 is 0 Å².